The fourth-order valence-corrected chi connectivity index (χ4v) is 14.9. The van der Waals surface area contributed by atoms with Gasteiger partial charge in [-0.2, -0.15) is 0 Å². The van der Waals surface area contributed by atoms with Crippen LogP contribution in [0.5, 0.6) is 0 Å². The van der Waals surface area contributed by atoms with E-state index in [2.05, 4.69) is 75.0 Å². The van der Waals surface area contributed by atoms with E-state index < -0.39 is 0 Å². The first-order valence-electron chi connectivity index (χ1n) is 44.7. The van der Waals surface area contributed by atoms with Gasteiger partial charge in [0.1, 0.15) is 0 Å². The van der Waals surface area contributed by atoms with Gasteiger partial charge in [-0.15, -0.1) is 0 Å². The van der Waals surface area contributed by atoms with Gasteiger partial charge in [-0.25, -0.2) is 0 Å². The van der Waals surface area contributed by atoms with Crippen LogP contribution in [0, 0.1) is 23.7 Å². The number of hydrogen-bond donors (Lipinski definition) is 0. The molecule has 0 saturated carbocycles. The van der Waals surface area contributed by atoms with E-state index in [1.54, 1.807) is 0 Å². The lowest BCUT2D eigenvalue weighted by Gasteiger charge is -2.37. The number of unbranched alkanes of at least 4 members (excludes halogenated alkanes) is 36. The van der Waals surface area contributed by atoms with E-state index in [0.29, 0.717) is 26.4 Å². The number of ether oxygens (including phenoxy) is 4. The first-order chi connectivity index (χ1) is 49.1. The van der Waals surface area contributed by atoms with Gasteiger partial charge in [0, 0.05) is 52.4 Å². The van der Waals surface area contributed by atoms with Crippen molar-refractivity contribution in [2.24, 2.45) is 23.7 Å². The van der Waals surface area contributed by atoms with Gasteiger partial charge in [0.05, 0.1) is 50.1 Å². The average Bonchev–Trinajstić information content (AvgIpc) is 1.01. The molecule has 0 N–H and O–H groups in total. The highest BCUT2D eigenvalue weighted by Crippen LogP contribution is 2.26. The number of carbonyl (C=O) groups excluding carboxylic acids is 4. The van der Waals surface area contributed by atoms with Crippen molar-refractivity contribution < 1.29 is 38.1 Å². The van der Waals surface area contributed by atoms with Crippen molar-refractivity contribution in [1.82, 2.24) is 19.6 Å². The molecule has 1 fully saturated rings. The maximum atomic E-state index is 13.6. The van der Waals surface area contributed by atoms with Crippen molar-refractivity contribution >= 4 is 23.9 Å². The van der Waals surface area contributed by atoms with E-state index in [-0.39, 0.29) is 47.5 Å². The molecule has 0 aromatic heterocycles. The van der Waals surface area contributed by atoms with Gasteiger partial charge in [-0.1, -0.05) is 312 Å². The van der Waals surface area contributed by atoms with Crippen LogP contribution in [0.25, 0.3) is 0 Å². The summed E-state index contributed by atoms with van der Waals surface area (Å²) in [6.45, 7) is 32.3. The van der Waals surface area contributed by atoms with E-state index in [1.807, 2.05) is 0 Å². The molecule has 1 heterocycles. The average molecular weight is 1410 g/mol. The summed E-state index contributed by atoms with van der Waals surface area (Å²) >= 11 is 0. The second kappa shape index (κ2) is 73.6. The molecule has 0 amide bonds. The maximum absolute atomic E-state index is 13.6. The molecule has 4 unspecified atom stereocenters. The molecular formula is C88H172N4O8. The Morgan fingerprint density at radius 3 is 0.590 bits per heavy atom. The van der Waals surface area contributed by atoms with Crippen molar-refractivity contribution in [2.75, 3.05) is 105 Å². The second-order valence-corrected chi connectivity index (χ2v) is 31.3. The van der Waals surface area contributed by atoms with Crippen molar-refractivity contribution in [3.05, 3.63) is 0 Å². The van der Waals surface area contributed by atoms with Crippen LogP contribution in [0.2, 0.25) is 0 Å². The molecule has 1 rings (SSSR count). The molecule has 0 spiro atoms. The SMILES string of the molecule is CCCCCCCCC(CCCCCC)C(=O)OCCCCN(CCCCOC(=O)C(CCCCCC)CCCCCCCC)CCN1CCN(CCN(CCCCOC(=O)C(CCCCCC)CCCCCCCC)CCCCOC(=O)C(CCCCCC)CCCCCCCC)CC1. The summed E-state index contributed by atoms with van der Waals surface area (Å²) in [5, 5.41) is 0. The van der Waals surface area contributed by atoms with Crippen molar-refractivity contribution in [3.8, 4) is 0 Å². The Bertz CT molecular complexity index is 1530. The van der Waals surface area contributed by atoms with E-state index in [1.165, 1.54) is 205 Å². The second-order valence-electron chi connectivity index (χ2n) is 31.3. The van der Waals surface area contributed by atoms with Crippen LogP contribution in [0.4, 0.5) is 0 Å². The predicted molar refractivity (Wildman–Crippen MR) is 428 cm³/mol. The minimum Gasteiger partial charge on any atom is -0.465 e. The van der Waals surface area contributed by atoms with Gasteiger partial charge < -0.3 is 28.7 Å². The lowest BCUT2D eigenvalue weighted by molar-refractivity contribution is -0.150. The van der Waals surface area contributed by atoms with Crippen LogP contribution < -0.4 is 0 Å². The lowest BCUT2D eigenvalue weighted by atomic mass is 9.94. The summed E-state index contributed by atoms with van der Waals surface area (Å²) in [5.74, 6) is 0.284. The Kier molecular flexibility index (Phi) is 70.5. The van der Waals surface area contributed by atoms with Crippen LogP contribution in [-0.2, 0) is 38.1 Å². The highest BCUT2D eigenvalue weighted by molar-refractivity contribution is 5.73. The Balaban J connectivity index is 3.07. The molecule has 0 radical (unpaired) electrons. The fourth-order valence-electron chi connectivity index (χ4n) is 14.9. The van der Waals surface area contributed by atoms with Gasteiger partial charge in [0.2, 0.25) is 0 Å². The number of nitrogens with zero attached hydrogens (tertiary/aromatic N) is 4. The summed E-state index contributed by atoms with van der Waals surface area (Å²) in [7, 11) is 0. The normalized spacial score (nSPS) is 14.3. The first-order valence-corrected chi connectivity index (χ1v) is 44.7. The van der Waals surface area contributed by atoms with Crippen LogP contribution in [-0.4, -0.2) is 148 Å². The molecule has 0 aromatic carbocycles. The monoisotopic (exact) mass is 1410 g/mol. The molecule has 100 heavy (non-hydrogen) atoms. The molecule has 0 aliphatic carbocycles. The van der Waals surface area contributed by atoms with E-state index in [9.17, 15) is 19.2 Å². The molecule has 592 valence electrons. The smallest absolute Gasteiger partial charge is 0.308 e. The maximum Gasteiger partial charge on any atom is 0.308 e. The fraction of sp³-hybridized carbons (Fsp3) is 0.955. The van der Waals surface area contributed by atoms with Gasteiger partial charge in [0.25, 0.3) is 0 Å². The lowest BCUT2D eigenvalue weighted by Crippen LogP contribution is -2.50. The molecule has 1 saturated heterocycles. The first kappa shape index (κ1) is 95.7. The van der Waals surface area contributed by atoms with Crippen molar-refractivity contribution in [1.29, 1.82) is 0 Å². The van der Waals surface area contributed by atoms with Crippen LogP contribution in [0.1, 0.15) is 415 Å². The summed E-state index contributed by atoms with van der Waals surface area (Å²) in [6, 6.07) is 0. The highest BCUT2D eigenvalue weighted by atomic mass is 16.5. The summed E-state index contributed by atoms with van der Waals surface area (Å²) in [6.07, 6.45) is 64.2. The molecule has 0 bridgehead atoms. The molecular weight excluding hydrogens is 1240 g/mol. The Morgan fingerprint density at radius 1 is 0.230 bits per heavy atom. The van der Waals surface area contributed by atoms with E-state index >= 15 is 0 Å². The van der Waals surface area contributed by atoms with Crippen molar-refractivity contribution in [3.63, 3.8) is 0 Å². The number of rotatable bonds is 78. The standard InChI is InChI=1S/C88H172N4O8/c1-9-17-25-33-37-45-61-81(57-41-29-21-13-5)85(93)97-77-53-49-65-89(66-50-54-78-98-86(94)82(58-42-30-22-14-6)62-46-38-34-26-18-10-2)69-71-91-73-75-92(76-74-91)72-70-90(67-51-55-79-99-87(95)83(59-43-31-23-15-7)63-47-39-35-27-19-11-3)68-52-56-80-100-88(96)84(60-44-32-24-16-8)64-48-40-36-28-20-12-4/h81-84H,9-80H2,1-8H3. The third-order valence-electron chi connectivity index (χ3n) is 22.0. The summed E-state index contributed by atoms with van der Waals surface area (Å²) in [4.78, 5) is 64.9. The third kappa shape index (κ3) is 58.0. The Hall–Kier alpha value is -2.28. The van der Waals surface area contributed by atoms with Gasteiger partial charge >= 0.3 is 23.9 Å². The van der Waals surface area contributed by atoms with E-state index in [4.69, 9.17) is 18.9 Å². The third-order valence-corrected chi connectivity index (χ3v) is 22.0. The number of hydrogen-bond acceptors (Lipinski definition) is 12. The Morgan fingerprint density at radius 2 is 0.400 bits per heavy atom. The highest BCUT2D eigenvalue weighted by Gasteiger charge is 2.25. The molecule has 1 aliphatic rings. The zero-order chi connectivity index (χ0) is 72.7. The molecule has 4 atom stereocenters. The van der Waals surface area contributed by atoms with Gasteiger partial charge in [-0.05, 0) is 129 Å². The largest absolute Gasteiger partial charge is 0.465 e. The Labute approximate surface area is 622 Å². The molecule has 12 heteroatoms. The number of esters is 4. The van der Waals surface area contributed by atoms with E-state index in [0.717, 1.165) is 233 Å². The molecule has 12 nitrogen and oxygen atoms in total. The minimum absolute atomic E-state index is 0.0355. The van der Waals surface area contributed by atoms with Crippen LogP contribution in [0.3, 0.4) is 0 Å². The summed E-state index contributed by atoms with van der Waals surface area (Å²) in [5.41, 5.74) is 0. The molecule has 0 aromatic rings. The predicted octanol–water partition coefficient (Wildman–Crippen LogP) is 23.9. The van der Waals surface area contributed by atoms with Gasteiger partial charge in [0.15, 0.2) is 0 Å². The topological polar surface area (TPSA) is 118 Å². The van der Waals surface area contributed by atoms with Crippen LogP contribution >= 0.6 is 0 Å². The quantitative estimate of drug-likeness (QED) is 0.0328. The molecule has 1 aliphatic heterocycles. The van der Waals surface area contributed by atoms with Crippen LogP contribution in [0.15, 0.2) is 0 Å². The van der Waals surface area contributed by atoms with Crippen molar-refractivity contribution in [2.45, 2.75) is 415 Å². The zero-order valence-corrected chi connectivity index (χ0v) is 68.3. The zero-order valence-electron chi connectivity index (χ0n) is 68.3. The summed E-state index contributed by atoms with van der Waals surface area (Å²) < 4.78 is 24.3. The van der Waals surface area contributed by atoms with Gasteiger partial charge in [-0.3, -0.25) is 29.0 Å². The minimum atomic E-state index is 0.0355. The number of carbonyl (C=O) groups is 4. The number of piperazine rings is 1.